The molecular formula is C14H8BrN3O3. The Morgan fingerprint density at radius 2 is 1.95 bits per heavy atom. The Bertz CT molecular complexity index is 839. The van der Waals surface area contributed by atoms with Crippen LogP contribution in [0.5, 0.6) is 11.5 Å². The maximum atomic E-state index is 11.0. The van der Waals surface area contributed by atoms with Gasteiger partial charge in [-0.1, -0.05) is 12.1 Å². The predicted molar refractivity (Wildman–Crippen MR) is 80.4 cm³/mol. The summed E-state index contributed by atoms with van der Waals surface area (Å²) in [5.74, 6) is 0.585. The number of ether oxygens (including phenoxy) is 1. The van der Waals surface area contributed by atoms with Gasteiger partial charge in [0.15, 0.2) is 5.75 Å². The number of hydrogen-bond acceptors (Lipinski definition) is 5. The first-order valence-corrected chi connectivity index (χ1v) is 6.76. The number of nitrogens with zero attached hydrogens (tertiary/aromatic N) is 3. The molecule has 3 aromatic rings. The van der Waals surface area contributed by atoms with Crippen LogP contribution in [0.15, 0.2) is 53.3 Å². The lowest BCUT2D eigenvalue weighted by atomic mass is 10.3. The standard InChI is InChI=1S/C14H8BrN3O3/c15-9-7-10-14(17-8-9)13(5-6-16-10)21-12-4-2-1-3-11(12)18(19)20/h1-8H. The highest BCUT2D eigenvalue weighted by Crippen LogP contribution is 2.33. The van der Waals surface area contributed by atoms with Crippen LogP contribution in [0.2, 0.25) is 0 Å². The number of para-hydroxylation sites is 2. The van der Waals surface area contributed by atoms with Crippen molar-refractivity contribution >= 4 is 32.7 Å². The van der Waals surface area contributed by atoms with E-state index in [9.17, 15) is 10.1 Å². The van der Waals surface area contributed by atoms with Crippen molar-refractivity contribution in [3.63, 3.8) is 0 Å². The molecule has 0 aliphatic heterocycles. The Morgan fingerprint density at radius 1 is 1.14 bits per heavy atom. The van der Waals surface area contributed by atoms with Gasteiger partial charge >= 0.3 is 5.69 Å². The summed E-state index contributed by atoms with van der Waals surface area (Å²) in [6.45, 7) is 0. The summed E-state index contributed by atoms with van der Waals surface area (Å²) < 4.78 is 6.46. The van der Waals surface area contributed by atoms with E-state index in [1.54, 1.807) is 42.7 Å². The van der Waals surface area contributed by atoms with Crippen molar-refractivity contribution in [2.45, 2.75) is 0 Å². The molecule has 0 bridgehead atoms. The highest BCUT2D eigenvalue weighted by Gasteiger charge is 2.16. The second-order valence-electron chi connectivity index (χ2n) is 4.16. The Kier molecular flexibility index (Phi) is 3.49. The monoisotopic (exact) mass is 345 g/mol. The van der Waals surface area contributed by atoms with E-state index in [2.05, 4.69) is 25.9 Å². The van der Waals surface area contributed by atoms with Crippen LogP contribution in [-0.2, 0) is 0 Å². The quantitative estimate of drug-likeness (QED) is 0.527. The van der Waals surface area contributed by atoms with Gasteiger partial charge in [0.25, 0.3) is 0 Å². The Hall–Kier alpha value is -2.54. The smallest absolute Gasteiger partial charge is 0.311 e. The predicted octanol–water partition coefficient (Wildman–Crippen LogP) is 4.09. The van der Waals surface area contributed by atoms with E-state index in [4.69, 9.17) is 4.74 Å². The van der Waals surface area contributed by atoms with Gasteiger partial charge in [0, 0.05) is 29.0 Å². The molecule has 2 heterocycles. The van der Waals surface area contributed by atoms with Crippen LogP contribution in [0.3, 0.4) is 0 Å². The van der Waals surface area contributed by atoms with Crippen LogP contribution in [0.25, 0.3) is 11.0 Å². The van der Waals surface area contributed by atoms with E-state index < -0.39 is 4.92 Å². The Morgan fingerprint density at radius 3 is 2.76 bits per heavy atom. The summed E-state index contributed by atoms with van der Waals surface area (Å²) in [6, 6.07) is 9.63. The molecule has 7 heteroatoms. The topological polar surface area (TPSA) is 78.2 Å². The third kappa shape index (κ3) is 2.68. The van der Waals surface area contributed by atoms with Crippen LogP contribution in [0, 0.1) is 10.1 Å². The molecule has 2 aromatic heterocycles. The van der Waals surface area contributed by atoms with E-state index in [1.807, 2.05) is 0 Å². The van der Waals surface area contributed by atoms with Gasteiger partial charge < -0.3 is 4.74 Å². The number of nitro groups is 1. The molecule has 0 radical (unpaired) electrons. The number of hydrogen-bond donors (Lipinski definition) is 0. The minimum Gasteiger partial charge on any atom is -0.448 e. The van der Waals surface area contributed by atoms with Crippen molar-refractivity contribution in [3.8, 4) is 11.5 Å². The lowest BCUT2D eigenvalue weighted by Crippen LogP contribution is -1.94. The summed E-state index contributed by atoms with van der Waals surface area (Å²) in [7, 11) is 0. The average molecular weight is 346 g/mol. The van der Waals surface area contributed by atoms with Crippen molar-refractivity contribution in [3.05, 3.63) is 63.4 Å². The number of aromatic nitrogens is 2. The number of halogens is 1. The molecule has 0 N–H and O–H groups in total. The van der Waals surface area contributed by atoms with Crippen molar-refractivity contribution in [1.82, 2.24) is 9.97 Å². The van der Waals surface area contributed by atoms with Gasteiger partial charge in [0.1, 0.15) is 5.52 Å². The van der Waals surface area contributed by atoms with Gasteiger partial charge in [-0.15, -0.1) is 0 Å². The highest BCUT2D eigenvalue weighted by molar-refractivity contribution is 9.10. The lowest BCUT2D eigenvalue weighted by Gasteiger charge is -2.08. The molecule has 0 unspecified atom stereocenters. The number of nitro benzene ring substituents is 1. The lowest BCUT2D eigenvalue weighted by molar-refractivity contribution is -0.385. The molecular weight excluding hydrogens is 338 g/mol. The molecule has 1 aromatic carbocycles. The molecule has 3 rings (SSSR count). The van der Waals surface area contributed by atoms with Crippen molar-refractivity contribution < 1.29 is 9.66 Å². The first-order chi connectivity index (χ1) is 10.1. The van der Waals surface area contributed by atoms with Crippen LogP contribution in [0.4, 0.5) is 5.69 Å². The Balaban J connectivity index is 2.09. The van der Waals surface area contributed by atoms with Gasteiger partial charge in [-0.25, -0.2) is 4.98 Å². The fraction of sp³-hybridized carbons (Fsp3) is 0. The van der Waals surface area contributed by atoms with Crippen LogP contribution >= 0.6 is 15.9 Å². The van der Waals surface area contributed by atoms with E-state index >= 15 is 0 Å². The second-order valence-corrected chi connectivity index (χ2v) is 5.07. The SMILES string of the molecule is O=[N+]([O-])c1ccccc1Oc1ccnc2cc(Br)cnc12. The van der Waals surface area contributed by atoms with Gasteiger partial charge in [-0.05, 0) is 28.1 Å². The third-order valence-corrected chi connectivity index (χ3v) is 3.22. The maximum Gasteiger partial charge on any atom is 0.311 e. The van der Waals surface area contributed by atoms with Crippen molar-refractivity contribution in [2.75, 3.05) is 0 Å². The second kappa shape index (κ2) is 5.45. The number of benzene rings is 1. The molecule has 0 amide bonds. The molecule has 0 spiro atoms. The fourth-order valence-corrected chi connectivity index (χ4v) is 2.20. The van der Waals surface area contributed by atoms with E-state index in [0.717, 1.165) is 4.47 Å². The van der Waals surface area contributed by atoms with Gasteiger partial charge in [-0.2, -0.15) is 0 Å². The zero-order valence-corrected chi connectivity index (χ0v) is 12.1. The van der Waals surface area contributed by atoms with Gasteiger partial charge in [0.2, 0.25) is 5.75 Å². The number of pyridine rings is 2. The summed E-state index contributed by atoms with van der Waals surface area (Å²) in [5, 5.41) is 11.0. The molecule has 0 saturated carbocycles. The number of fused-ring (bicyclic) bond motifs is 1. The van der Waals surface area contributed by atoms with E-state index in [-0.39, 0.29) is 11.4 Å². The van der Waals surface area contributed by atoms with Crippen LogP contribution in [0.1, 0.15) is 0 Å². The van der Waals surface area contributed by atoms with Crippen LogP contribution < -0.4 is 4.74 Å². The highest BCUT2D eigenvalue weighted by atomic mass is 79.9. The molecule has 0 fully saturated rings. The molecule has 0 aliphatic rings. The fourth-order valence-electron chi connectivity index (χ4n) is 1.88. The molecule has 6 nitrogen and oxygen atoms in total. The molecule has 0 atom stereocenters. The minimum atomic E-state index is -0.483. The summed E-state index contributed by atoms with van der Waals surface area (Å²) in [5.41, 5.74) is 1.08. The van der Waals surface area contributed by atoms with Crippen molar-refractivity contribution in [1.29, 1.82) is 0 Å². The van der Waals surface area contributed by atoms with Crippen molar-refractivity contribution in [2.24, 2.45) is 0 Å². The molecule has 21 heavy (non-hydrogen) atoms. The van der Waals surface area contributed by atoms with E-state index in [0.29, 0.717) is 16.8 Å². The molecule has 0 saturated heterocycles. The Labute approximate surface area is 127 Å². The minimum absolute atomic E-state index is 0.0976. The summed E-state index contributed by atoms with van der Waals surface area (Å²) >= 11 is 3.32. The van der Waals surface area contributed by atoms with Gasteiger partial charge in [-0.3, -0.25) is 15.1 Å². The third-order valence-electron chi connectivity index (χ3n) is 2.79. The first-order valence-electron chi connectivity index (χ1n) is 5.96. The van der Waals surface area contributed by atoms with E-state index in [1.165, 1.54) is 6.07 Å². The normalized spacial score (nSPS) is 10.5. The average Bonchev–Trinajstić information content (AvgIpc) is 2.47. The van der Waals surface area contributed by atoms with Gasteiger partial charge in [0.05, 0.1) is 10.4 Å². The number of rotatable bonds is 3. The summed E-state index contributed by atoms with van der Waals surface area (Å²) in [4.78, 5) is 19.0. The molecule has 104 valence electrons. The zero-order chi connectivity index (χ0) is 14.8. The molecule has 0 aliphatic carbocycles. The zero-order valence-electron chi connectivity index (χ0n) is 10.6. The summed E-state index contributed by atoms with van der Waals surface area (Å²) in [6.07, 6.45) is 3.19. The van der Waals surface area contributed by atoms with Crippen LogP contribution in [-0.4, -0.2) is 14.9 Å². The largest absolute Gasteiger partial charge is 0.448 e. The first kappa shape index (κ1) is 13.4. The maximum absolute atomic E-state index is 11.0.